The van der Waals surface area contributed by atoms with Crippen LogP contribution in [0.1, 0.15) is 36.5 Å². The minimum atomic E-state index is -0.141. The maximum absolute atomic E-state index is 11.3. The highest BCUT2D eigenvalue weighted by Gasteiger charge is 2.44. The van der Waals surface area contributed by atoms with Gasteiger partial charge in [-0.05, 0) is 37.3 Å². The molecule has 102 valence electrons. The first kappa shape index (κ1) is 14.1. The number of hydrogen-bond donors (Lipinski definition) is 0. The molecule has 4 nitrogen and oxygen atoms in total. The lowest BCUT2D eigenvalue weighted by Gasteiger charge is -2.12. The number of thioether (sulfide) groups is 1. The fourth-order valence-electron chi connectivity index (χ4n) is 1.83. The van der Waals surface area contributed by atoms with Gasteiger partial charge in [0, 0.05) is 17.5 Å². The quantitative estimate of drug-likeness (QED) is 0.455. The Morgan fingerprint density at radius 3 is 2.63 bits per heavy atom. The minimum Gasteiger partial charge on any atom is -0.469 e. The Morgan fingerprint density at radius 2 is 2.16 bits per heavy atom. The number of Topliss-reactive ketones (excluding diaryl/α,β-unsaturated/α-hetero) is 1. The summed E-state index contributed by atoms with van der Waals surface area (Å²) in [4.78, 5) is 26.7. The third kappa shape index (κ3) is 3.80. The first-order valence-electron chi connectivity index (χ1n) is 6.21. The predicted molar refractivity (Wildman–Crippen MR) is 73.3 cm³/mol. The molecule has 0 N–H and O–H groups in total. The standard InChI is InChI=1S/C14H17NO3S/c1-10(16)11-3-4-12(15-8-11)19-9-14(5-6-14)7-13(17)18-2/h3-4,8H,5-7,9H2,1-2H3. The van der Waals surface area contributed by atoms with Crippen molar-refractivity contribution in [2.24, 2.45) is 5.41 Å². The molecule has 1 aromatic heterocycles. The number of ketones is 1. The zero-order chi connectivity index (χ0) is 13.9. The van der Waals surface area contributed by atoms with Crippen LogP contribution >= 0.6 is 11.8 Å². The Morgan fingerprint density at radius 1 is 1.42 bits per heavy atom. The summed E-state index contributed by atoms with van der Waals surface area (Å²) >= 11 is 1.63. The average Bonchev–Trinajstić information content (AvgIpc) is 3.17. The lowest BCUT2D eigenvalue weighted by molar-refractivity contribution is -0.141. The number of methoxy groups -OCH3 is 1. The van der Waals surface area contributed by atoms with E-state index < -0.39 is 0 Å². The Labute approximate surface area is 116 Å². The molecule has 1 heterocycles. The largest absolute Gasteiger partial charge is 0.469 e. The monoisotopic (exact) mass is 279 g/mol. The van der Waals surface area contributed by atoms with Crippen LogP contribution in [-0.4, -0.2) is 29.6 Å². The molecule has 0 amide bonds. The van der Waals surface area contributed by atoms with E-state index in [0.29, 0.717) is 12.0 Å². The molecule has 0 bridgehead atoms. The van der Waals surface area contributed by atoms with Crippen LogP contribution in [0.15, 0.2) is 23.4 Å². The number of carbonyl (C=O) groups is 2. The third-order valence-electron chi connectivity index (χ3n) is 3.37. The van der Waals surface area contributed by atoms with E-state index in [1.807, 2.05) is 6.07 Å². The Kier molecular flexibility index (Phi) is 4.24. The molecule has 1 aromatic rings. The molecule has 1 aliphatic carbocycles. The molecule has 0 atom stereocenters. The topological polar surface area (TPSA) is 56.3 Å². The highest BCUT2D eigenvalue weighted by atomic mass is 32.2. The number of ether oxygens (including phenoxy) is 1. The summed E-state index contributed by atoms with van der Waals surface area (Å²) in [5.41, 5.74) is 0.721. The van der Waals surface area contributed by atoms with Crippen LogP contribution < -0.4 is 0 Å². The SMILES string of the molecule is COC(=O)CC1(CSc2ccc(C(C)=O)cn2)CC1. The van der Waals surface area contributed by atoms with E-state index in [-0.39, 0.29) is 17.2 Å². The lowest BCUT2D eigenvalue weighted by Crippen LogP contribution is -2.13. The van der Waals surface area contributed by atoms with Gasteiger partial charge in [0.2, 0.25) is 0 Å². The average molecular weight is 279 g/mol. The molecule has 1 saturated carbocycles. The zero-order valence-corrected chi connectivity index (χ0v) is 12.0. The molecular weight excluding hydrogens is 262 g/mol. The summed E-state index contributed by atoms with van der Waals surface area (Å²) in [6.07, 6.45) is 4.23. The van der Waals surface area contributed by atoms with E-state index in [0.717, 1.165) is 23.6 Å². The molecule has 0 radical (unpaired) electrons. The van der Waals surface area contributed by atoms with Crippen molar-refractivity contribution < 1.29 is 14.3 Å². The molecule has 0 spiro atoms. The van der Waals surface area contributed by atoms with Crippen LogP contribution in [0.4, 0.5) is 0 Å². The maximum atomic E-state index is 11.3. The van der Waals surface area contributed by atoms with Crippen molar-refractivity contribution in [2.45, 2.75) is 31.2 Å². The third-order valence-corrected chi connectivity index (χ3v) is 4.67. The summed E-state index contributed by atoms with van der Waals surface area (Å²) in [5.74, 6) is 0.750. The fourth-order valence-corrected chi connectivity index (χ4v) is 2.96. The first-order chi connectivity index (χ1) is 9.04. The van der Waals surface area contributed by atoms with Crippen molar-refractivity contribution in [1.29, 1.82) is 0 Å². The first-order valence-corrected chi connectivity index (χ1v) is 7.20. The van der Waals surface area contributed by atoms with E-state index in [1.165, 1.54) is 14.0 Å². The van der Waals surface area contributed by atoms with Gasteiger partial charge < -0.3 is 4.74 Å². The summed E-state index contributed by atoms with van der Waals surface area (Å²) in [6, 6.07) is 3.65. The van der Waals surface area contributed by atoms with Gasteiger partial charge in [-0.2, -0.15) is 0 Å². The van der Waals surface area contributed by atoms with Crippen molar-refractivity contribution in [3.63, 3.8) is 0 Å². The van der Waals surface area contributed by atoms with Gasteiger partial charge in [-0.3, -0.25) is 9.59 Å². The van der Waals surface area contributed by atoms with Crippen molar-refractivity contribution in [3.05, 3.63) is 23.9 Å². The van der Waals surface area contributed by atoms with Crippen LogP contribution in [0.5, 0.6) is 0 Å². The maximum Gasteiger partial charge on any atom is 0.306 e. The van der Waals surface area contributed by atoms with Gasteiger partial charge in [0.1, 0.15) is 0 Å². The zero-order valence-electron chi connectivity index (χ0n) is 11.1. The van der Waals surface area contributed by atoms with Crippen LogP contribution in [-0.2, 0) is 9.53 Å². The number of nitrogens with zero attached hydrogens (tertiary/aromatic N) is 1. The van der Waals surface area contributed by atoms with Gasteiger partial charge in [-0.25, -0.2) is 4.98 Å². The van der Waals surface area contributed by atoms with Crippen LogP contribution in [0.2, 0.25) is 0 Å². The number of carbonyl (C=O) groups excluding carboxylic acids is 2. The molecule has 0 saturated heterocycles. The van der Waals surface area contributed by atoms with E-state index in [2.05, 4.69) is 4.98 Å². The normalized spacial score (nSPS) is 15.9. The molecule has 5 heteroatoms. The molecule has 19 heavy (non-hydrogen) atoms. The van der Waals surface area contributed by atoms with Gasteiger partial charge in [0.05, 0.1) is 18.6 Å². The second-order valence-corrected chi connectivity index (χ2v) is 5.98. The summed E-state index contributed by atoms with van der Waals surface area (Å²) in [5, 5.41) is 0.890. The Balaban J connectivity index is 1.88. The van der Waals surface area contributed by atoms with Gasteiger partial charge in [-0.1, -0.05) is 0 Å². The summed E-state index contributed by atoms with van der Waals surface area (Å²) in [7, 11) is 1.42. The van der Waals surface area contributed by atoms with E-state index in [9.17, 15) is 9.59 Å². The van der Waals surface area contributed by atoms with Gasteiger partial charge in [0.25, 0.3) is 0 Å². The molecule has 1 aliphatic rings. The second-order valence-electron chi connectivity index (χ2n) is 4.98. The molecule has 0 aliphatic heterocycles. The number of pyridine rings is 1. The van der Waals surface area contributed by atoms with Crippen LogP contribution in [0.25, 0.3) is 0 Å². The van der Waals surface area contributed by atoms with Crippen molar-refractivity contribution >= 4 is 23.5 Å². The van der Waals surface area contributed by atoms with Gasteiger partial charge >= 0.3 is 5.97 Å². The molecule has 0 aromatic carbocycles. The van der Waals surface area contributed by atoms with Crippen molar-refractivity contribution in [3.8, 4) is 0 Å². The number of rotatable bonds is 6. The number of hydrogen-bond acceptors (Lipinski definition) is 5. The lowest BCUT2D eigenvalue weighted by atomic mass is 10.1. The molecule has 1 fully saturated rings. The minimum absolute atomic E-state index is 0.0217. The van der Waals surface area contributed by atoms with Crippen LogP contribution in [0, 0.1) is 5.41 Å². The Bertz CT molecular complexity index is 480. The van der Waals surface area contributed by atoms with Crippen LogP contribution in [0.3, 0.4) is 0 Å². The van der Waals surface area contributed by atoms with E-state index in [1.54, 1.807) is 24.0 Å². The number of esters is 1. The highest BCUT2D eigenvalue weighted by Crippen LogP contribution is 2.51. The fraction of sp³-hybridized carbons (Fsp3) is 0.500. The summed E-state index contributed by atoms with van der Waals surface area (Å²) in [6.45, 7) is 1.53. The van der Waals surface area contributed by atoms with E-state index in [4.69, 9.17) is 4.74 Å². The Hall–Kier alpha value is -1.36. The molecule has 2 rings (SSSR count). The van der Waals surface area contributed by atoms with Crippen molar-refractivity contribution in [2.75, 3.05) is 12.9 Å². The van der Waals surface area contributed by atoms with E-state index >= 15 is 0 Å². The number of aromatic nitrogens is 1. The molecular formula is C14H17NO3S. The highest BCUT2D eigenvalue weighted by molar-refractivity contribution is 7.99. The summed E-state index contributed by atoms with van der Waals surface area (Å²) < 4.78 is 4.72. The second kappa shape index (κ2) is 5.74. The van der Waals surface area contributed by atoms with Gasteiger partial charge in [-0.15, -0.1) is 11.8 Å². The van der Waals surface area contributed by atoms with Crippen molar-refractivity contribution in [1.82, 2.24) is 4.98 Å². The van der Waals surface area contributed by atoms with Gasteiger partial charge in [0.15, 0.2) is 5.78 Å². The predicted octanol–water partition coefficient (Wildman–Crippen LogP) is 2.72. The molecule has 0 unspecified atom stereocenters. The smallest absolute Gasteiger partial charge is 0.306 e.